The van der Waals surface area contributed by atoms with E-state index in [2.05, 4.69) is 22.0 Å². The van der Waals surface area contributed by atoms with Crippen LogP contribution in [-0.4, -0.2) is 11.6 Å². The lowest BCUT2D eigenvalue weighted by molar-refractivity contribution is 0.00763. The average Bonchev–Trinajstić information content (AvgIpc) is 2.80. The summed E-state index contributed by atoms with van der Waals surface area (Å²) < 4.78 is 6.52. The number of aryl methyl sites for hydroxylation is 1. The molecule has 6 heteroatoms. The minimum absolute atomic E-state index is 0.355. The summed E-state index contributed by atoms with van der Waals surface area (Å²) in [5.41, 5.74) is 8.22. The van der Waals surface area contributed by atoms with Gasteiger partial charge in [-0.2, -0.15) is 0 Å². The molecule has 0 aliphatic heterocycles. The predicted molar refractivity (Wildman–Crippen MR) is 94.4 cm³/mol. The quantitative estimate of drug-likeness (QED) is 0.702. The van der Waals surface area contributed by atoms with Crippen LogP contribution in [0.2, 0.25) is 0 Å². The standard InChI is InChI=1S/C15H18BrNO2S2/c1-7-6-9(20-13(7)16)11-8(2)10(17)12(21-11)14(18)19-15(3,4)5/h6H,17H2,1-5H3. The lowest BCUT2D eigenvalue weighted by atomic mass is 10.2. The minimum atomic E-state index is -0.524. The predicted octanol–water partition coefficient (Wildman–Crippen LogP) is 5.39. The molecule has 3 nitrogen and oxygen atoms in total. The number of hydrogen-bond donors (Lipinski definition) is 1. The fourth-order valence-electron chi connectivity index (χ4n) is 1.81. The molecule has 0 amide bonds. The Balaban J connectivity index is 2.43. The number of halogens is 1. The van der Waals surface area contributed by atoms with Crippen molar-refractivity contribution in [3.63, 3.8) is 0 Å². The number of nitrogens with two attached hydrogens (primary N) is 1. The van der Waals surface area contributed by atoms with Crippen LogP contribution >= 0.6 is 38.6 Å². The van der Waals surface area contributed by atoms with Crippen molar-refractivity contribution in [2.45, 2.75) is 40.2 Å². The van der Waals surface area contributed by atoms with Crippen LogP contribution in [0.25, 0.3) is 9.75 Å². The van der Waals surface area contributed by atoms with Crippen LogP contribution in [0, 0.1) is 13.8 Å². The van der Waals surface area contributed by atoms with E-state index in [0.29, 0.717) is 10.6 Å². The molecule has 2 aromatic heterocycles. The fraction of sp³-hybridized carbons (Fsp3) is 0.400. The monoisotopic (exact) mass is 387 g/mol. The summed E-state index contributed by atoms with van der Waals surface area (Å²) in [5, 5.41) is 0. The van der Waals surface area contributed by atoms with E-state index in [1.165, 1.54) is 16.9 Å². The Morgan fingerprint density at radius 2 is 1.90 bits per heavy atom. The lowest BCUT2D eigenvalue weighted by Crippen LogP contribution is -2.23. The van der Waals surface area contributed by atoms with Gasteiger partial charge in [0.05, 0.1) is 14.4 Å². The third-order valence-corrected chi connectivity index (χ3v) is 6.46. The van der Waals surface area contributed by atoms with E-state index in [0.717, 1.165) is 19.1 Å². The number of thiophene rings is 2. The second-order valence-electron chi connectivity index (χ2n) is 5.87. The first kappa shape index (κ1) is 16.5. The maximum absolute atomic E-state index is 12.3. The van der Waals surface area contributed by atoms with Gasteiger partial charge in [-0.15, -0.1) is 22.7 Å². The van der Waals surface area contributed by atoms with E-state index in [1.807, 2.05) is 34.6 Å². The van der Waals surface area contributed by atoms with Crippen LogP contribution in [0.15, 0.2) is 9.85 Å². The Labute approximate surface area is 141 Å². The molecule has 0 aliphatic carbocycles. The Kier molecular flexibility index (Phi) is 4.52. The molecular formula is C15H18BrNO2S2. The van der Waals surface area contributed by atoms with Gasteiger partial charge in [0, 0.05) is 4.88 Å². The molecule has 0 radical (unpaired) electrons. The summed E-state index contributed by atoms with van der Waals surface area (Å²) in [6.07, 6.45) is 0. The minimum Gasteiger partial charge on any atom is -0.456 e. The van der Waals surface area contributed by atoms with E-state index in [4.69, 9.17) is 10.5 Å². The third kappa shape index (κ3) is 3.49. The van der Waals surface area contributed by atoms with Crippen molar-refractivity contribution < 1.29 is 9.53 Å². The lowest BCUT2D eigenvalue weighted by Gasteiger charge is -2.19. The Bertz CT molecular complexity index is 676. The first-order chi connectivity index (χ1) is 9.60. The number of rotatable bonds is 2. The maximum Gasteiger partial charge on any atom is 0.351 e. The topological polar surface area (TPSA) is 52.3 Å². The SMILES string of the molecule is Cc1cc(-c2sc(C(=O)OC(C)(C)C)c(N)c2C)sc1Br. The zero-order valence-electron chi connectivity index (χ0n) is 12.7. The summed E-state index contributed by atoms with van der Waals surface area (Å²) in [4.78, 5) is 14.9. The average molecular weight is 388 g/mol. The van der Waals surface area contributed by atoms with Crippen molar-refractivity contribution in [2.75, 3.05) is 5.73 Å². The van der Waals surface area contributed by atoms with Crippen LogP contribution < -0.4 is 5.73 Å². The number of esters is 1. The molecule has 0 bridgehead atoms. The summed E-state index contributed by atoms with van der Waals surface area (Å²) in [6, 6.07) is 2.10. The Hall–Kier alpha value is -0.850. The van der Waals surface area contributed by atoms with Gasteiger partial charge in [-0.1, -0.05) is 0 Å². The molecule has 0 saturated heterocycles. The summed E-state index contributed by atoms with van der Waals surface area (Å²) in [6.45, 7) is 9.54. The molecule has 0 aliphatic rings. The third-order valence-electron chi connectivity index (χ3n) is 2.86. The van der Waals surface area contributed by atoms with Crippen molar-refractivity contribution in [1.29, 1.82) is 0 Å². The Morgan fingerprint density at radius 1 is 1.29 bits per heavy atom. The number of nitrogen functional groups attached to an aromatic ring is 1. The smallest absolute Gasteiger partial charge is 0.351 e. The first-order valence-electron chi connectivity index (χ1n) is 6.48. The molecule has 0 aromatic carbocycles. The van der Waals surface area contributed by atoms with Crippen molar-refractivity contribution in [3.8, 4) is 9.75 Å². The first-order valence-corrected chi connectivity index (χ1v) is 8.91. The van der Waals surface area contributed by atoms with Crippen LogP contribution in [0.5, 0.6) is 0 Å². The highest BCUT2D eigenvalue weighted by molar-refractivity contribution is 9.11. The van der Waals surface area contributed by atoms with Crippen molar-refractivity contribution in [1.82, 2.24) is 0 Å². The zero-order valence-corrected chi connectivity index (χ0v) is 15.9. The van der Waals surface area contributed by atoms with Crippen LogP contribution in [-0.2, 0) is 4.74 Å². The molecule has 0 spiro atoms. The van der Waals surface area contributed by atoms with Crippen molar-refractivity contribution >= 4 is 50.3 Å². The van der Waals surface area contributed by atoms with Gasteiger partial charge in [0.2, 0.25) is 0 Å². The molecule has 21 heavy (non-hydrogen) atoms. The number of anilines is 1. The van der Waals surface area contributed by atoms with E-state index in [1.54, 1.807) is 11.3 Å². The second-order valence-corrected chi connectivity index (χ2v) is 9.26. The van der Waals surface area contributed by atoms with Gasteiger partial charge in [0.1, 0.15) is 10.5 Å². The largest absolute Gasteiger partial charge is 0.456 e. The molecule has 0 fully saturated rings. The number of hydrogen-bond acceptors (Lipinski definition) is 5. The molecule has 2 N–H and O–H groups in total. The van der Waals surface area contributed by atoms with Crippen LogP contribution in [0.4, 0.5) is 5.69 Å². The molecule has 2 heterocycles. The number of ether oxygens (including phenoxy) is 1. The van der Waals surface area contributed by atoms with Crippen molar-refractivity contribution in [3.05, 3.63) is 25.9 Å². The highest BCUT2D eigenvalue weighted by Gasteiger charge is 2.25. The van der Waals surface area contributed by atoms with E-state index in [9.17, 15) is 4.79 Å². The van der Waals surface area contributed by atoms with Gasteiger partial charge in [-0.25, -0.2) is 4.79 Å². The summed E-state index contributed by atoms with van der Waals surface area (Å²) in [5.74, 6) is -0.355. The van der Waals surface area contributed by atoms with E-state index < -0.39 is 5.60 Å². The van der Waals surface area contributed by atoms with Gasteiger partial charge in [-0.05, 0) is 67.7 Å². The number of carbonyl (C=O) groups is 1. The molecule has 0 saturated carbocycles. The molecular weight excluding hydrogens is 370 g/mol. The molecule has 2 aromatic rings. The Morgan fingerprint density at radius 3 is 2.38 bits per heavy atom. The fourth-order valence-corrected chi connectivity index (χ4v) is 4.61. The molecule has 2 rings (SSSR count). The van der Waals surface area contributed by atoms with Gasteiger partial charge in [0.25, 0.3) is 0 Å². The second kappa shape index (κ2) is 5.74. The number of carbonyl (C=O) groups excluding carboxylic acids is 1. The molecule has 0 atom stereocenters. The van der Waals surface area contributed by atoms with Gasteiger partial charge >= 0.3 is 5.97 Å². The summed E-state index contributed by atoms with van der Waals surface area (Å²) in [7, 11) is 0. The normalized spacial score (nSPS) is 11.7. The molecule has 114 valence electrons. The van der Waals surface area contributed by atoms with E-state index >= 15 is 0 Å². The van der Waals surface area contributed by atoms with Gasteiger partial charge in [0.15, 0.2) is 0 Å². The van der Waals surface area contributed by atoms with Crippen LogP contribution in [0.1, 0.15) is 41.6 Å². The summed E-state index contributed by atoms with van der Waals surface area (Å²) >= 11 is 6.58. The van der Waals surface area contributed by atoms with Crippen molar-refractivity contribution in [2.24, 2.45) is 0 Å². The van der Waals surface area contributed by atoms with Gasteiger partial charge in [-0.3, -0.25) is 0 Å². The highest BCUT2D eigenvalue weighted by Crippen LogP contribution is 2.43. The maximum atomic E-state index is 12.3. The highest BCUT2D eigenvalue weighted by atomic mass is 79.9. The van der Waals surface area contributed by atoms with E-state index in [-0.39, 0.29) is 5.97 Å². The van der Waals surface area contributed by atoms with Crippen LogP contribution in [0.3, 0.4) is 0 Å². The van der Waals surface area contributed by atoms with Gasteiger partial charge < -0.3 is 10.5 Å². The molecule has 0 unspecified atom stereocenters. The zero-order chi connectivity index (χ0) is 15.9.